The maximum atomic E-state index is 12.6. The van der Waals surface area contributed by atoms with Crippen LogP contribution in [0.15, 0.2) is 81.2 Å². The molecule has 0 aliphatic rings. The summed E-state index contributed by atoms with van der Waals surface area (Å²) in [5.41, 5.74) is 5.68. The summed E-state index contributed by atoms with van der Waals surface area (Å²) in [4.78, 5) is 23.8. The van der Waals surface area contributed by atoms with E-state index in [1.807, 2.05) is 25.1 Å². The van der Waals surface area contributed by atoms with Crippen LogP contribution < -0.4 is 14.9 Å². The standard InChI is InChI=1S/C29H24BrIN2O6/c1-3-5-20-10-18(15-32-33-28(34)25-13-21-12-22(30)14-23(31)26(21)39-25)11-24(37-4-2)27(20)38-16-17-6-8-19(9-7-17)29(35)36/h3,6-15H,1,4-5,16H2,2H3,(H,33,34)(H,35,36)/b32-15-. The number of carbonyl (C=O) groups excluding carboxylic acids is 1. The Kier molecular flexibility index (Phi) is 9.41. The van der Waals surface area contributed by atoms with E-state index >= 15 is 0 Å². The Bertz CT molecular complexity index is 1560. The molecule has 3 aromatic carbocycles. The van der Waals surface area contributed by atoms with Crippen molar-refractivity contribution in [3.05, 3.63) is 103 Å². The van der Waals surface area contributed by atoms with Gasteiger partial charge >= 0.3 is 11.9 Å². The molecule has 0 radical (unpaired) electrons. The van der Waals surface area contributed by atoms with Gasteiger partial charge in [0.2, 0.25) is 0 Å². The number of nitrogens with one attached hydrogen (secondary N) is 1. The minimum atomic E-state index is -0.983. The van der Waals surface area contributed by atoms with E-state index in [1.54, 1.807) is 30.3 Å². The molecule has 10 heteroatoms. The zero-order valence-corrected chi connectivity index (χ0v) is 24.6. The Balaban J connectivity index is 1.52. The van der Waals surface area contributed by atoms with Gasteiger partial charge in [0.15, 0.2) is 17.3 Å². The molecular weight excluding hydrogens is 679 g/mol. The molecular formula is C29H24BrIN2O6. The number of hydrogen-bond acceptors (Lipinski definition) is 6. The molecule has 8 nitrogen and oxygen atoms in total. The first-order valence-electron chi connectivity index (χ1n) is 11.9. The van der Waals surface area contributed by atoms with Crippen molar-refractivity contribution in [1.82, 2.24) is 5.43 Å². The van der Waals surface area contributed by atoms with Gasteiger partial charge in [-0.1, -0.05) is 34.1 Å². The van der Waals surface area contributed by atoms with Crippen LogP contribution in [0.1, 0.15) is 44.5 Å². The molecule has 0 atom stereocenters. The average molecular weight is 703 g/mol. The zero-order chi connectivity index (χ0) is 27.9. The summed E-state index contributed by atoms with van der Waals surface area (Å²) in [6.07, 6.45) is 3.78. The van der Waals surface area contributed by atoms with Gasteiger partial charge in [-0.15, -0.1) is 6.58 Å². The first-order valence-corrected chi connectivity index (χ1v) is 13.7. The predicted octanol–water partition coefficient (Wildman–Crippen LogP) is 6.97. The highest BCUT2D eigenvalue weighted by atomic mass is 127. The Morgan fingerprint density at radius 1 is 1.15 bits per heavy atom. The number of carbonyl (C=O) groups is 2. The largest absolute Gasteiger partial charge is 0.490 e. The number of furan rings is 1. The van der Waals surface area contributed by atoms with Crippen molar-refractivity contribution < 1.29 is 28.6 Å². The van der Waals surface area contributed by atoms with Crippen LogP contribution in [0.3, 0.4) is 0 Å². The highest BCUT2D eigenvalue weighted by molar-refractivity contribution is 14.1. The monoisotopic (exact) mass is 702 g/mol. The number of ether oxygens (including phenoxy) is 2. The van der Waals surface area contributed by atoms with E-state index in [1.165, 1.54) is 18.3 Å². The summed E-state index contributed by atoms with van der Waals surface area (Å²) in [5.74, 6) is -0.226. The van der Waals surface area contributed by atoms with Gasteiger partial charge in [-0.2, -0.15) is 5.10 Å². The van der Waals surface area contributed by atoms with Gasteiger partial charge in [0.05, 0.1) is 22.0 Å². The fraction of sp³-hybridized carbons (Fsp3) is 0.138. The van der Waals surface area contributed by atoms with Gasteiger partial charge in [0.1, 0.15) is 12.2 Å². The van der Waals surface area contributed by atoms with Crippen molar-refractivity contribution in [3.8, 4) is 11.5 Å². The highest BCUT2D eigenvalue weighted by Gasteiger charge is 2.16. The Hall–Kier alpha value is -3.64. The Labute approximate surface area is 247 Å². The fourth-order valence-electron chi connectivity index (χ4n) is 3.80. The van der Waals surface area contributed by atoms with E-state index in [9.17, 15) is 9.59 Å². The maximum Gasteiger partial charge on any atom is 0.335 e. The number of amides is 1. The predicted molar refractivity (Wildman–Crippen MR) is 161 cm³/mol. The third-order valence-electron chi connectivity index (χ3n) is 5.54. The lowest BCUT2D eigenvalue weighted by Gasteiger charge is -2.17. The SMILES string of the molecule is C=CCc1cc(/C=N\NC(=O)c2cc3cc(Br)cc(I)c3o2)cc(OCC)c1OCc1ccc(C(=O)O)cc1. The summed E-state index contributed by atoms with van der Waals surface area (Å²) in [6, 6.07) is 15.6. The minimum absolute atomic E-state index is 0.153. The lowest BCUT2D eigenvalue weighted by molar-refractivity contribution is 0.0696. The van der Waals surface area contributed by atoms with Crippen molar-refractivity contribution in [2.24, 2.45) is 5.10 Å². The van der Waals surface area contributed by atoms with Crippen molar-refractivity contribution in [2.75, 3.05) is 6.61 Å². The molecule has 1 amide bonds. The molecule has 2 N–H and O–H groups in total. The number of nitrogens with zero attached hydrogens (tertiary/aromatic N) is 1. The number of allylic oxidation sites excluding steroid dienone is 1. The molecule has 0 saturated heterocycles. The second-order valence-electron chi connectivity index (χ2n) is 8.34. The lowest BCUT2D eigenvalue weighted by Crippen LogP contribution is -2.16. The summed E-state index contributed by atoms with van der Waals surface area (Å²) in [5, 5.41) is 14.0. The van der Waals surface area contributed by atoms with Gasteiger partial charge in [0, 0.05) is 15.4 Å². The first-order chi connectivity index (χ1) is 18.8. The van der Waals surface area contributed by atoms with E-state index in [0.717, 1.165) is 24.6 Å². The average Bonchev–Trinajstić information content (AvgIpc) is 3.33. The minimum Gasteiger partial charge on any atom is -0.490 e. The summed E-state index contributed by atoms with van der Waals surface area (Å²) < 4.78 is 19.5. The van der Waals surface area contributed by atoms with Crippen molar-refractivity contribution in [2.45, 2.75) is 20.0 Å². The van der Waals surface area contributed by atoms with Gasteiger partial charge < -0.3 is 19.0 Å². The number of benzene rings is 3. The zero-order valence-electron chi connectivity index (χ0n) is 20.9. The number of aromatic carboxylic acids is 1. The van der Waals surface area contributed by atoms with Crippen LogP contribution in [0.4, 0.5) is 0 Å². The molecule has 0 bridgehead atoms. The third kappa shape index (κ3) is 7.07. The lowest BCUT2D eigenvalue weighted by atomic mass is 10.1. The fourth-order valence-corrected chi connectivity index (χ4v) is 5.46. The van der Waals surface area contributed by atoms with E-state index in [2.05, 4.69) is 55.6 Å². The number of hydrazone groups is 1. The normalized spacial score (nSPS) is 11.1. The highest BCUT2D eigenvalue weighted by Crippen LogP contribution is 2.34. The molecule has 200 valence electrons. The molecule has 0 spiro atoms. The van der Waals surface area contributed by atoms with E-state index < -0.39 is 11.9 Å². The number of fused-ring (bicyclic) bond motifs is 1. The molecule has 4 rings (SSSR count). The maximum absolute atomic E-state index is 12.6. The van der Waals surface area contributed by atoms with Crippen molar-refractivity contribution in [1.29, 1.82) is 0 Å². The van der Waals surface area contributed by atoms with Crippen LogP contribution in [-0.4, -0.2) is 29.8 Å². The van der Waals surface area contributed by atoms with Crippen molar-refractivity contribution >= 4 is 67.6 Å². The quantitative estimate of drug-likeness (QED) is 0.0757. The number of carboxylic acids is 1. The van der Waals surface area contributed by atoms with Gasteiger partial charge in [-0.3, -0.25) is 4.79 Å². The third-order valence-corrected chi connectivity index (χ3v) is 6.80. The van der Waals surface area contributed by atoms with Crippen LogP contribution in [0.5, 0.6) is 11.5 Å². The van der Waals surface area contributed by atoms with Crippen LogP contribution in [0.2, 0.25) is 0 Å². The molecule has 1 heterocycles. The molecule has 0 unspecified atom stereocenters. The second kappa shape index (κ2) is 12.9. The molecule has 39 heavy (non-hydrogen) atoms. The number of carboxylic acid groups (broad SMARTS) is 1. The van der Waals surface area contributed by atoms with Gasteiger partial charge in [-0.05, 0) is 89.5 Å². The second-order valence-corrected chi connectivity index (χ2v) is 10.4. The van der Waals surface area contributed by atoms with E-state index in [0.29, 0.717) is 35.7 Å². The number of hydrogen-bond donors (Lipinski definition) is 2. The van der Waals surface area contributed by atoms with Crippen LogP contribution in [-0.2, 0) is 13.0 Å². The number of rotatable bonds is 11. The molecule has 0 fully saturated rings. The summed E-state index contributed by atoms with van der Waals surface area (Å²) >= 11 is 5.61. The van der Waals surface area contributed by atoms with E-state index in [4.69, 9.17) is 19.0 Å². The first kappa shape index (κ1) is 28.4. The molecule has 4 aromatic rings. The van der Waals surface area contributed by atoms with E-state index in [-0.39, 0.29) is 17.9 Å². The molecule has 1 aromatic heterocycles. The topological polar surface area (TPSA) is 110 Å². The van der Waals surface area contributed by atoms with Gasteiger partial charge in [0.25, 0.3) is 0 Å². The molecule has 0 saturated carbocycles. The molecule has 0 aliphatic heterocycles. The summed E-state index contributed by atoms with van der Waals surface area (Å²) in [6.45, 7) is 6.34. The van der Waals surface area contributed by atoms with Gasteiger partial charge in [-0.25, -0.2) is 10.2 Å². The smallest absolute Gasteiger partial charge is 0.335 e. The van der Waals surface area contributed by atoms with Crippen LogP contribution in [0.25, 0.3) is 11.0 Å². The molecule has 0 aliphatic carbocycles. The number of halogens is 2. The van der Waals surface area contributed by atoms with Crippen LogP contribution in [0, 0.1) is 3.57 Å². The Morgan fingerprint density at radius 3 is 2.62 bits per heavy atom. The van der Waals surface area contributed by atoms with Crippen molar-refractivity contribution in [3.63, 3.8) is 0 Å². The Morgan fingerprint density at radius 2 is 1.92 bits per heavy atom. The van der Waals surface area contributed by atoms with Crippen LogP contribution >= 0.6 is 38.5 Å². The summed E-state index contributed by atoms with van der Waals surface area (Å²) in [7, 11) is 0.